The van der Waals surface area contributed by atoms with Crippen LogP contribution >= 0.6 is 0 Å². The molecular weight excluding hydrogens is 572 g/mol. The molecule has 0 bridgehead atoms. The number of pyridine rings is 1. The molecule has 41 heavy (non-hydrogen) atoms. The normalized spacial score (nSPS) is 14.9. The lowest BCUT2D eigenvalue weighted by molar-refractivity contribution is -0.287. The number of amides is 1. The summed E-state index contributed by atoms with van der Waals surface area (Å²) in [5.74, 6) is -1.96. The van der Waals surface area contributed by atoms with E-state index in [1.165, 1.54) is 55.5 Å². The number of aromatic nitrogens is 3. The van der Waals surface area contributed by atoms with Crippen molar-refractivity contribution in [2.75, 3.05) is 12.4 Å². The average Bonchev–Trinajstić information content (AvgIpc) is 3.47. The van der Waals surface area contributed by atoms with Crippen molar-refractivity contribution in [1.29, 1.82) is 0 Å². The standard InChI is InChI=1S/C26H22F4N4O6S/c1-2-41(37,38)16-7-8-17(31-11-16)19(13-35)33-25(36)14-6-9-20-18(10-14)32-24(23(27)28)34(20)12-15-4-3-5-21-22(15)40-26(29,30)39-21/h3-11,19,23,35H,2,12-13H2,1H3,(H,33,36)/t19-/m0/s1. The lowest BCUT2D eigenvalue weighted by Gasteiger charge is -2.16. The van der Waals surface area contributed by atoms with E-state index < -0.39 is 46.9 Å². The van der Waals surface area contributed by atoms with E-state index in [0.717, 1.165) is 10.8 Å². The molecule has 0 aliphatic carbocycles. The van der Waals surface area contributed by atoms with Gasteiger partial charge in [0.1, 0.15) is 0 Å². The summed E-state index contributed by atoms with van der Waals surface area (Å²) < 4.78 is 89.3. The van der Waals surface area contributed by atoms with E-state index in [4.69, 9.17) is 0 Å². The Bertz CT molecular complexity index is 1730. The molecule has 0 fully saturated rings. The molecule has 2 aromatic heterocycles. The van der Waals surface area contributed by atoms with Gasteiger partial charge in [-0.15, -0.1) is 8.78 Å². The van der Waals surface area contributed by atoms with Crippen LogP contribution in [0, 0.1) is 0 Å². The fourth-order valence-electron chi connectivity index (χ4n) is 4.35. The number of aliphatic hydroxyl groups excluding tert-OH is 1. The minimum absolute atomic E-state index is 0.00380. The van der Waals surface area contributed by atoms with Crippen LogP contribution in [0.15, 0.2) is 59.6 Å². The van der Waals surface area contributed by atoms with Crippen LogP contribution in [0.2, 0.25) is 0 Å². The first-order valence-corrected chi connectivity index (χ1v) is 13.8. The molecule has 3 heterocycles. The molecule has 216 valence electrons. The Morgan fingerprint density at radius 1 is 1.15 bits per heavy atom. The van der Waals surface area contributed by atoms with E-state index >= 15 is 0 Å². The zero-order valence-corrected chi connectivity index (χ0v) is 22.0. The SMILES string of the molecule is CCS(=O)(=O)c1ccc([C@H](CO)NC(=O)c2ccc3c(c2)nc(C(F)F)n3Cc2cccc3c2OC(F)(F)O3)nc1. The quantitative estimate of drug-likeness (QED) is 0.278. The van der Waals surface area contributed by atoms with Crippen LogP contribution in [0.3, 0.4) is 0 Å². The van der Waals surface area contributed by atoms with Crippen molar-refractivity contribution >= 4 is 26.8 Å². The number of hydrogen-bond acceptors (Lipinski definition) is 8. The molecule has 2 N–H and O–H groups in total. The monoisotopic (exact) mass is 594 g/mol. The fourth-order valence-corrected chi connectivity index (χ4v) is 5.17. The number of aliphatic hydroxyl groups is 1. The molecule has 0 spiro atoms. The lowest BCUT2D eigenvalue weighted by Crippen LogP contribution is -2.31. The summed E-state index contributed by atoms with van der Waals surface area (Å²) in [6.45, 7) is 0.631. The van der Waals surface area contributed by atoms with Gasteiger partial charge in [-0.2, -0.15) is 0 Å². The van der Waals surface area contributed by atoms with Gasteiger partial charge in [-0.3, -0.25) is 9.78 Å². The van der Waals surface area contributed by atoms with Gasteiger partial charge in [0.05, 0.1) is 46.6 Å². The van der Waals surface area contributed by atoms with Crippen LogP contribution in [0.4, 0.5) is 17.6 Å². The van der Waals surface area contributed by atoms with Gasteiger partial charge in [0, 0.05) is 17.3 Å². The first-order valence-electron chi connectivity index (χ1n) is 12.2. The largest absolute Gasteiger partial charge is 0.586 e. The Morgan fingerprint density at radius 3 is 2.59 bits per heavy atom. The Labute approximate surface area is 230 Å². The molecule has 2 aromatic carbocycles. The van der Waals surface area contributed by atoms with Crippen LogP contribution in [0.1, 0.15) is 46.8 Å². The summed E-state index contributed by atoms with van der Waals surface area (Å²) in [4.78, 5) is 21.0. The zero-order valence-electron chi connectivity index (χ0n) is 21.2. The molecule has 4 aromatic rings. The number of nitrogens with one attached hydrogen (secondary N) is 1. The van der Waals surface area contributed by atoms with Crippen LogP contribution in [-0.4, -0.2) is 52.6 Å². The van der Waals surface area contributed by atoms with Gasteiger partial charge >= 0.3 is 6.29 Å². The summed E-state index contributed by atoms with van der Waals surface area (Å²) in [5.41, 5.74) is 0.625. The third-order valence-electron chi connectivity index (χ3n) is 6.42. The highest BCUT2D eigenvalue weighted by Crippen LogP contribution is 2.44. The Balaban J connectivity index is 1.41. The summed E-state index contributed by atoms with van der Waals surface area (Å²) in [6.07, 6.45) is -5.78. The molecule has 1 atom stereocenters. The number of benzene rings is 2. The fraction of sp³-hybridized carbons (Fsp3) is 0.269. The number of carbonyl (C=O) groups is 1. The van der Waals surface area contributed by atoms with Crippen LogP contribution in [0.25, 0.3) is 11.0 Å². The van der Waals surface area contributed by atoms with E-state index in [2.05, 4.69) is 24.8 Å². The summed E-state index contributed by atoms with van der Waals surface area (Å²) in [5, 5.41) is 12.4. The van der Waals surface area contributed by atoms with Gasteiger partial charge in [-0.1, -0.05) is 19.1 Å². The number of rotatable bonds is 9. The Kier molecular flexibility index (Phi) is 7.33. The minimum Gasteiger partial charge on any atom is -0.395 e. The molecule has 0 saturated carbocycles. The highest BCUT2D eigenvalue weighted by molar-refractivity contribution is 7.91. The maximum absolute atomic E-state index is 13.9. The van der Waals surface area contributed by atoms with E-state index in [0.29, 0.717) is 0 Å². The van der Waals surface area contributed by atoms with E-state index in [-0.39, 0.29) is 56.5 Å². The van der Waals surface area contributed by atoms with Crippen molar-refractivity contribution < 1.29 is 45.4 Å². The summed E-state index contributed by atoms with van der Waals surface area (Å²) in [6, 6.07) is 9.82. The Morgan fingerprint density at radius 2 is 1.93 bits per heavy atom. The molecule has 1 aliphatic rings. The molecule has 5 rings (SSSR count). The lowest BCUT2D eigenvalue weighted by atomic mass is 10.1. The molecule has 1 aliphatic heterocycles. The number of fused-ring (bicyclic) bond motifs is 2. The maximum Gasteiger partial charge on any atom is 0.586 e. The predicted molar refractivity (Wildman–Crippen MR) is 136 cm³/mol. The second-order valence-corrected chi connectivity index (χ2v) is 11.3. The maximum atomic E-state index is 13.9. The number of hydrogen-bond donors (Lipinski definition) is 2. The van der Waals surface area contributed by atoms with Crippen LogP contribution in [-0.2, 0) is 16.4 Å². The third-order valence-corrected chi connectivity index (χ3v) is 8.14. The van der Waals surface area contributed by atoms with Crippen molar-refractivity contribution in [3.63, 3.8) is 0 Å². The third kappa shape index (κ3) is 5.54. The van der Waals surface area contributed by atoms with E-state index in [1.54, 1.807) is 0 Å². The molecule has 10 nitrogen and oxygen atoms in total. The molecule has 0 unspecified atom stereocenters. The number of para-hydroxylation sites is 1. The summed E-state index contributed by atoms with van der Waals surface area (Å²) in [7, 11) is -3.49. The van der Waals surface area contributed by atoms with E-state index in [1.807, 2.05) is 0 Å². The zero-order chi connectivity index (χ0) is 29.5. The van der Waals surface area contributed by atoms with Gasteiger partial charge in [-0.25, -0.2) is 22.2 Å². The van der Waals surface area contributed by atoms with Crippen LogP contribution in [0.5, 0.6) is 11.5 Å². The van der Waals surface area contributed by atoms with Gasteiger partial charge in [0.15, 0.2) is 27.2 Å². The van der Waals surface area contributed by atoms with Crippen molar-refractivity contribution in [2.24, 2.45) is 0 Å². The summed E-state index contributed by atoms with van der Waals surface area (Å²) >= 11 is 0. The van der Waals surface area contributed by atoms with Gasteiger partial charge in [0.2, 0.25) is 0 Å². The molecule has 15 heteroatoms. The second-order valence-electron chi connectivity index (χ2n) is 9.00. The van der Waals surface area contributed by atoms with Gasteiger partial charge < -0.3 is 24.5 Å². The first-order chi connectivity index (χ1) is 19.4. The predicted octanol–water partition coefficient (Wildman–Crippen LogP) is 4.00. The smallest absolute Gasteiger partial charge is 0.395 e. The number of nitrogens with zero attached hydrogens (tertiary/aromatic N) is 3. The highest BCUT2D eigenvalue weighted by atomic mass is 32.2. The van der Waals surface area contributed by atoms with Crippen molar-refractivity contribution in [1.82, 2.24) is 19.9 Å². The Hall–Kier alpha value is -4.24. The molecule has 0 saturated heterocycles. The number of halogens is 4. The molecular formula is C26H22F4N4O6S. The van der Waals surface area contributed by atoms with Gasteiger partial charge in [0.25, 0.3) is 12.3 Å². The van der Waals surface area contributed by atoms with Crippen LogP contribution < -0.4 is 14.8 Å². The number of alkyl halides is 4. The minimum atomic E-state index is -3.89. The number of sulfone groups is 1. The highest BCUT2D eigenvalue weighted by Gasteiger charge is 2.44. The van der Waals surface area contributed by atoms with E-state index in [9.17, 15) is 35.9 Å². The number of ether oxygens (including phenoxy) is 2. The number of carbonyl (C=O) groups excluding carboxylic acids is 1. The molecule has 0 radical (unpaired) electrons. The molecule has 1 amide bonds. The van der Waals surface area contributed by atoms with Crippen molar-refractivity contribution in [3.05, 3.63) is 77.4 Å². The second kappa shape index (κ2) is 10.6. The first kappa shape index (κ1) is 28.3. The topological polar surface area (TPSA) is 133 Å². The van der Waals surface area contributed by atoms with Gasteiger partial charge in [-0.05, 0) is 36.4 Å². The number of imidazole rings is 1. The van der Waals surface area contributed by atoms with Crippen molar-refractivity contribution in [2.45, 2.75) is 37.1 Å². The average molecular weight is 595 g/mol. The van der Waals surface area contributed by atoms with Crippen molar-refractivity contribution in [3.8, 4) is 11.5 Å².